The highest BCUT2D eigenvalue weighted by Crippen LogP contribution is 2.28. The van der Waals surface area contributed by atoms with Crippen molar-refractivity contribution < 1.29 is 9.18 Å². The van der Waals surface area contributed by atoms with Gasteiger partial charge in [0.15, 0.2) is 0 Å². The van der Waals surface area contributed by atoms with Crippen LogP contribution in [0.1, 0.15) is 22.8 Å². The first kappa shape index (κ1) is 9.65. The first-order valence-electron chi connectivity index (χ1n) is 4.40. The Kier molecular flexibility index (Phi) is 2.31. The summed E-state index contributed by atoms with van der Waals surface area (Å²) in [4.78, 5) is 13.3. The molecular weight excluding hydrogens is 249 g/mol. The van der Waals surface area contributed by atoms with Gasteiger partial charge in [-0.2, -0.15) is 0 Å². The van der Waals surface area contributed by atoms with Crippen molar-refractivity contribution in [2.75, 3.05) is 6.54 Å². The lowest BCUT2D eigenvalue weighted by molar-refractivity contribution is 0.0787. The first-order chi connectivity index (χ1) is 6.63. The van der Waals surface area contributed by atoms with Crippen molar-refractivity contribution in [3.05, 3.63) is 33.5 Å². The van der Waals surface area contributed by atoms with Gasteiger partial charge in [0.05, 0.1) is 0 Å². The molecule has 74 valence electrons. The molecule has 0 aromatic heterocycles. The Morgan fingerprint density at radius 2 is 2.29 bits per heavy atom. The molecule has 14 heavy (non-hydrogen) atoms. The fourth-order valence-electron chi connectivity index (χ4n) is 1.64. The molecule has 0 fully saturated rings. The van der Waals surface area contributed by atoms with Crippen LogP contribution >= 0.6 is 15.9 Å². The second-order valence-electron chi connectivity index (χ2n) is 3.23. The molecule has 1 heterocycles. The largest absolute Gasteiger partial charge is 0.334 e. The minimum absolute atomic E-state index is 0.0808. The third-order valence-electron chi connectivity index (χ3n) is 2.41. The average molecular weight is 258 g/mol. The molecule has 2 nitrogen and oxygen atoms in total. The highest BCUT2D eigenvalue weighted by molar-refractivity contribution is 9.10. The Morgan fingerprint density at radius 1 is 1.57 bits per heavy atom. The van der Waals surface area contributed by atoms with E-state index < -0.39 is 0 Å². The average Bonchev–Trinajstić information content (AvgIpc) is 2.44. The van der Waals surface area contributed by atoms with Gasteiger partial charge in [0, 0.05) is 28.7 Å². The summed E-state index contributed by atoms with van der Waals surface area (Å²) >= 11 is 3.17. The quantitative estimate of drug-likeness (QED) is 0.758. The maximum absolute atomic E-state index is 13.4. The number of amides is 1. The lowest BCUT2D eigenvalue weighted by Gasteiger charge is -2.10. The van der Waals surface area contributed by atoms with Crippen LogP contribution < -0.4 is 0 Å². The Hall–Kier alpha value is -0.900. The zero-order valence-electron chi connectivity index (χ0n) is 7.68. The third kappa shape index (κ3) is 1.34. The summed E-state index contributed by atoms with van der Waals surface area (Å²) < 4.78 is 14.0. The van der Waals surface area contributed by atoms with E-state index in [0.29, 0.717) is 28.7 Å². The normalized spacial score (nSPS) is 14.8. The zero-order valence-corrected chi connectivity index (χ0v) is 9.27. The van der Waals surface area contributed by atoms with Crippen LogP contribution in [0.4, 0.5) is 4.39 Å². The summed E-state index contributed by atoms with van der Waals surface area (Å²) in [7, 11) is 0. The summed E-state index contributed by atoms with van der Waals surface area (Å²) in [6.07, 6.45) is 0. The molecule has 1 aromatic carbocycles. The van der Waals surface area contributed by atoms with Gasteiger partial charge in [0.2, 0.25) is 0 Å². The van der Waals surface area contributed by atoms with Gasteiger partial charge in [-0.1, -0.05) is 15.9 Å². The molecule has 1 aromatic rings. The van der Waals surface area contributed by atoms with Crippen molar-refractivity contribution in [1.29, 1.82) is 0 Å². The van der Waals surface area contributed by atoms with Crippen molar-refractivity contribution >= 4 is 21.8 Å². The van der Waals surface area contributed by atoms with Crippen molar-refractivity contribution in [2.45, 2.75) is 13.5 Å². The van der Waals surface area contributed by atoms with Crippen molar-refractivity contribution in [3.63, 3.8) is 0 Å². The number of nitrogens with zero attached hydrogens (tertiary/aromatic N) is 1. The number of carbonyl (C=O) groups is 1. The minimum atomic E-state index is -0.307. The maximum Gasteiger partial charge on any atom is 0.254 e. The summed E-state index contributed by atoms with van der Waals surface area (Å²) in [5.41, 5.74) is 0.999. The van der Waals surface area contributed by atoms with E-state index in [-0.39, 0.29) is 11.7 Å². The van der Waals surface area contributed by atoms with E-state index in [0.717, 1.165) is 0 Å². The van der Waals surface area contributed by atoms with Crippen LogP contribution in [-0.4, -0.2) is 17.4 Å². The van der Waals surface area contributed by atoms with Crippen LogP contribution in [0.3, 0.4) is 0 Å². The van der Waals surface area contributed by atoms with Crippen LogP contribution in [-0.2, 0) is 6.54 Å². The molecule has 0 atom stereocenters. The van der Waals surface area contributed by atoms with Gasteiger partial charge < -0.3 is 4.90 Å². The van der Waals surface area contributed by atoms with Crippen LogP contribution in [0.15, 0.2) is 16.6 Å². The summed E-state index contributed by atoms with van der Waals surface area (Å²) in [6.45, 7) is 2.89. The standard InChI is InChI=1S/C10H9BrFNO/c1-2-13-5-8-7(10(13)14)3-6(11)4-9(8)12/h3-4H,2,5H2,1H3. The van der Waals surface area contributed by atoms with Crippen LogP contribution in [0.5, 0.6) is 0 Å². The molecular formula is C10H9BrFNO. The molecule has 1 aliphatic heterocycles. The summed E-state index contributed by atoms with van der Waals surface area (Å²) in [6, 6.07) is 3.07. The van der Waals surface area contributed by atoms with Gasteiger partial charge in [-0.25, -0.2) is 4.39 Å². The second-order valence-corrected chi connectivity index (χ2v) is 4.15. The highest BCUT2D eigenvalue weighted by Gasteiger charge is 2.28. The van der Waals surface area contributed by atoms with Gasteiger partial charge >= 0.3 is 0 Å². The van der Waals surface area contributed by atoms with Crippen molar-refractivity contribution in [1.82, 2.24) is 4.90 Å². The monoisotopic (exact) mass is 257 g/mol. The molecule has 0 saturated carbocycles. The predicted molar refractivity (Wildman–Crippen MR) is 54.5 cm³/mol. The Bertz CT molecular complexity index is 405. The third-order valence-corrected chi connectivity index (χ3v) is 2.87. The van der Waals surface area contributed by atoms with E-state index in [1.165, 1.54) is 6.07 Å². The van der Waals surface area contributed by atoms with E-state index in [1.807, 2.05) is 6.92 Å². The fourth-order valence-corrected chi connectivity index (χ4v) is 2.07. The van der Waals surface area contributed by atoms with Crippen molar-refractivity contribution in [3.8, 4) is 0 Å². The Morgan fingerprint density at radius 3 is 2.93 bits per heavy atom. The number of benzene rings is 1. The topological polar surface area (TPSA) is 20.3 Å². The van der Waals surface area contributed by atoms with Gasteiger partial charge in [-0.15, -0.1) is 0 Å². The molecule has 0 spiro atoms. The van der Waals surface area contributed by atoms with Gasteiger partial charge in [-0.3, -0.25) is 4.79 Å². The first-order valence-corrected chi connectivity index (χ1v) is 5.20. The number of fused-ring (bicyclic) bond motifs is 1. The van der Waals surface area contributed by atoms with Crippen molar-refractivity contribution in [2.24, 2.45) is 0 Å². The number of hydrogen-bond acceptors (Lipinski definition) is 1. The Balaban J connectivity index is 2.53. The number of rotatable bonds is 1. The molecule has 0 unspecified atom stereocenters. The SMILES string of the molecule is CCN1Cc2c(F)cc(Br)cc2C1=O. The molecule has 4 heteroatoms. The summed E-state index contributed by atoms with van der Waals surface area (Å²) in [5.74, 6) is -0.388. The second kappa shape index (κ2) is 3.35. The smallest absolute Gasteiger partial charge is 0.254 e. The molecule has 1 aliphatic rings. The van der Waals surface area contributed by atoms with E-state index in [2.05, 4.69) is 15.9 Å². The molecule has 0 aliphatic carbocycles. The number of hydrogen-bond donors (Lipinski definition) is 0. The molecule has 0 radical (unpaired) electrons. The molecule has 2 rings (SSSR count). The predicted octanol–water partition coefficient (Wildman–Crippen LogP) is 2.56. The van der Waals surface area contributed by atoms with Gasteiger partial charge in [0.1, 0.15) is 5.82 Å². The summed E-state index contributed by atoms with van der Waals surface area (Å²) in [5, 5.41) is 0. The Labute approximate surface area is 89.8 Å². The molecule has 0 N–H and O–H groups in total. The highest BCUT2D eigenvalue weighted by atomic mass is 79.9. The minimum Gasteiger partial charge on any atom is -0.334 e. The van der Waals surface area contributed by atoms with Gasteiger partial charge in [0.25, 0.3) is 5.91 Å². The number of halogens is 2. The van der Waals surface area contributed by atoms with E-state index >= 15 is 0 Å². The van der Waals surface area contributed by atoms with Gasteiger partial charge in [-0.05, 0) is 19.1 Å². The maximum atomic E-state index is 13.4. The van der Waals surface area contributed by atoms with Crippen LogP contribution in [0.25, 0.3) is 0 Å². The number of carbonyl (C=O) groups excluding carboxylic acids is 1. The lowest BCUT2D eigenvalue weighted by Crippen LogP contribution is -2.22. The molecule has 1 amide bonds. The molecule has 0 saturated heterocycles. The van der Waals surface area contributed by atoms with Crippen LogP contribution in [0, 0.1) is 5.82 Å². The van der Waals surface area contributed by atoms with Crippen LogP contribution in [0.2, 0.25) is 0 Å². The fraction of sp³-hybridized carbons (Fsp3) is 0.300. The van der Waals surface area contributed by atoms with E-state index in [4.69, 9.17) is 0 Å². The zero-order chi connectivity index (χ0) is 10.3. The van der Waals surface area contributed by atoms with E-state index in [1.54, 1.807) is 11.0 Å². The molecule has 0 bridgehead atoms. The van der Waals surface area contributed by atoms with E-state index in [9.17, 15) is 9.18 Å². The lowest BCUT2D eigenvalue weighted by atomic mass is 10.1.